The second kappa shape index (κ2) is 6.38. The third-order valence-corrected chi connectivity index (χ3v) is 3.56. The molecule has 0 saturated carbocycles. The fraction of sp³-hybridized carbons (Fsp3) is 0.286. The van der Waals surface area contributed by atoms with E-state index in [-0.39, 0.29) is 5.91 Å². The van der Waals surface area contributed by atoms with E-state index in [9.17, 15) is 4.79 Å². The first-order chi connectivity index (χ1) is 9.58. The Hall–Kier alpha value is -2.08. The van der Waals surface area contributed by atoms with E-state index in [0.29, 0.717) is 17.8 Å². The maximum atomic E-state index is 12.0. The van der Waals surface area contributed by atoms with E-state index in [1.54, 1.807) is 29.0 Å². The van der Waals surface area contributed by atoms with E-state index in [2.05, 4.69) is 10.3 Å². The van der Waals surface area contributed by atoms with Crippen LogP contribution in [0.3, 0.4) is 0 Å². The lowest BCUT2D eigenvalue weighted by molar-refractivity contribution is 0.0954. The molecule has 6 heteroatoms. The highest BCUT2D eigenvalue weighted by atomic mass is 32.1. The molecule has 2 rings (SSSR count). The van der Waals surface area contributed by atoms with Gasteiger partial charge in [0.05, 0.1) is 22.6 Å². The van der Waals surface area contributed by atoms with Gasteiger partial charge < -0.3 is 16.0 Å². The fourth-order valence-corrected chi connectivity index (χ4v) is 2.46. The van der Waals surface area contributed by atoms with E-state index in [4.69, 9.17) is 5.73 Å². The van der Waals surface area contributed by atoms with E-state index in [0.717, 1.165) is 17.8 Å². The molecule has 0 atom stereocenters. The zero-order valence-electron chi connectivity index (χ0n) is 11.6. The number of nitrogen functional groups attached to an aromatic ring is 1. The van der Waals surface area contributed by atoms with E-state index < -0.39 is 0 Å². The molecule has 1 heterocycles. The van der Waals surface area contributed by atoms with Crippen LogP contribution in [-0.2, 0) is 6.42 Å². The molecule has 20 heavy (non-hydrogen) atoms. The summed E-state index contributed by atoms with van der Waals surface area (Å²) in [7, 11) is 3.83. The van der Waals surface area contributed by atoms with E-state index in [1.807, 2.05) is 30.4 Å². The standard InChI is InChI=1S/C14H18N4OS/c1-18(2)13-4-3-10(7-12(13)15)14(19)16-6-5-11-8-20-9-17-11/h3-4,7-9H,5-6,15H2,1-2H3,(H,16,19). The molecule has 0 saturated heterocycles. The summed E-state index contributed by atoms with van der Waals surface area (Å²) in [5, 5.41) is 4.85. The summed E-state index contributed by atoms with van der Waals surface area (Å²) in [6.07, 6.45) is 0.737. The molecule has 0 aliphatic carbocycles. The van der Waals surface area contributed by atoms with Crippen molar-refractivity contribution in [2.45, 2.75) is 6.42 Å². The Balaban J connectivity index is 1.94. The quantitative estimate of drug-likeness (QED) is 0.823. The predicted octanol–water partition coefficient (Wildman–Crippen LogP) is 1.76. The monoisotopic (exact) mass is 290 g/mol. The molecule has 5 nitrogen and oxygen atoms in total. The number of carbonyl (C=O) groups is 1. The van der Waals surface area contributed by atoms with Gasteiger partial charge in [0, 0.05) is 38.0 Å². The second-order valence-electron chi connectivity index (χ2n) is 4.65. The summed E-state index contributed by atoms with van der Waals surface area (Å²) in [4.78, 5) is 18.1. The van der Waals surface area contributed by atoms with Crippen molar-refractivity contribution in [2.24, 2.45) is 0 Å². The molecule has 3 N–H and O–H groups in total. The average Bonchev–Trinajstić information content (AvgIpc) is 2.91. The third-order valence-electron chi connectivity index (χ3n) is 2.92. The average molecular weight is 290 g/mol. The van der Waals surface area contributed by atoms with Crippen LogP contribution < -0.4 is 16.0 Å². The number of nitrogens with two attached hydrogens (primary N) is 1. The summed E-state index contributed by atoms with van der Waals surface area (Å²) in [5.74, 6) is -0.114. The van der Waals surface area contributed by atoms with Gasteiger partial charge in [0.1, 0.15) is 0 Å². The zero-order valence-corrected chi connectivity index (χ0v) is 12.4. The molecule has 1 aromatic carbocycles. The minimum absolute atomic E-state index is 0.114. The first kappa shape index (κ1) is 14.3. The molecule has 0 fully saturated rings. The Morgan fingerprint density at radius 3 is 2.85 bits per heavy atom. The maximum Gasteiger partial charge on any atom is 0.251 e. The van der Waals surface area contributed by atoms with Crippen molar-refractivity contribution in [3.8, 4) is 0 Å². The minimum atomic E-state index is -0.114. The van der Waals surface area contributed by atoms with Crippen molar-refractivity contribution in [3.63, 3.8) is 0 Å². The highest BCUT2D eigenvalue weighted by molar-refractivity contribution is 7.07. The predicted molar refractivity (Wildman–Crippen MR) is 83.3 cm³/mol. The van der Waals surface area contributed by atoms with Crippen LogP contribution in [0, 0.1) is 0 Å². The Bertz CT molecular complexity index is 581. The molecule has 0 aliphatic heterocycles. The first-order valence-corrected chi connectivity index (χ1v) is 7.24. The first-order valence-electron chi connectivity index (χ1n) is 6.30. The summed E-state index contributed by atoms with van der Waals surface area (Å²) < 4.78 is 0. The Morgan fingerprint density at radius 2 is 2.25 bits per heavy atom. The number of carbonyl (C=O) groups excluding carboxylic acids is 1. The van der Waals surface area contributed by atoms with Gasteiger partial charge >= 0.3 is 0 Å². The Labute approximate surface area is 122 Å². The Kier molecular flexibility index (Phi) is 4.57. The molecule has 0 radical (unpaired) electrons. The van der Waals surface area contributed by atoms with Crippen LogP contribution in [0.5, 0.6) is 0 Å². The van der Waals surface area contributed by atoms with Crippen LogP contribution in [0.4, 0.5) is 11.4 Å². The van der Waals surface area contributed by atoms with Gasteiger partial charge in [-0.05, 0) is 18.2 Å². The second-order valence-corrected chi connectivity index (χ2v) is 5.37. The molecular weight excluding hydrogens is 272 g/mol. The van der Waals surface area contributed by atoms with Crippen molar-refractivity contribution in [1.29, 1.82) is 0 Å². The van der Waals surface area contributed by atoms with Crippen LogP contribution in [-0.4, -0.2) is 31.5 Å². The number of aromatic nitrogens is 1. The molecule has 106 valence electrons. The summed E-state index contributed by atoms with van der Waals surface area (Å²) >= 11 is 1.56. The van der Waals surface area contributed by atoms with Crippen molar-refractivity contribution in [3.05, 3.63) is 40.3 Å². The highest BCUT2D eigenvalue weighted by Crippen LogP contribution is 2.22. The zero-order chi connectivity index (χ0) is 14.5. The fourth-order valence-electron chi connectivity index (χ4n) is 1.87. The largest absolute Gasteiger partial charge is 0.397 e. The van der Waals surface area contributed by atoms with Crippen molar-refractivity contribution in [1.82, 2.24) is 10.3 Å². The van der Waals surface area contributed by atoms with Gasteiger partial charge in [-0.2, -0.15) is 0 Å². The van der Waals surface area contributed by atoms with Crippen molar-refractivity contribution >= 4 is 28.6 Å². The SMILES string of the molecule is CN(C)c1ccc(C(=O)NCCc2cscn2)cc1N. The number of nitrogens with one attached hydrogen (secondary N) is 1. The molecular formula is C14H18N4OS. The number of thiazole rings is 1. The summed E-state index contributed by atoms with van der Waals surface area (Å²) in [6, 6.07) is 5.34. The number of anilines is 2. The van der Waals surface area contributed by atoms with Crippen LogP contribution >= 0.6 is 11.3 Å². The lowest BCUT2D eigenvalue weighted by atomic mass is 10.1. The lowest BCUT2D eigenvalue weighted by Crippen LogP contribution is -2.26. The van der Waals surface area contributed by atoms with Crippen LogP contribution in [0.1, 0.15) is 16.1 Å². The van der Waals surface area contributed by atoms with E-state index in [1.165, 1.54) is 0 Å². The van der Waals surface area contributed by atoms with Gasteiger partial charge in [-0.15, -0.1) is 11.3 Å². The summed E-state index contributed by atoms with van der Waals surface area (Å²) in [6.45, 7) is 0.567. The van der Waals surface area contributed by atoms with Gasteiger partial charge in [0.2, 0.25) is 0 Å². The number of benzene rings is 1. The number of amides is 1. The van der Waals surface area contributed by atoms with Crippen LogP contribution in [0.25, 0.3) is 0 Å². The minimum Gasteiger partial charge on any atom is -0.397 e. The topological polar surface area (TPSA) is 71.2 Å². The number of rotatable bonds is 5. The molecule has 0 spiro atoms. The van der Waals surface area contributed by atoms with Gasteiger partial charge in [0.15, 0.2) is 0 Å². The van der Waals surface area contributed by atoms with Gasteiger partial charge in [-0.1, -0.05) is 0 Å². The van der Waals surface area contributed by atoms with E-state index >= 15 is 0 Å². The smallest absolute Gasteiger partial charge is 0.251 e. The maximum absolute atomic E-state index is 12.0. The van der Waals surface area contributed by atoms with Crippen LogP contribution in [0.15, 0.2) is 29.1 Å². The van der Waals surface area contributed by atoms with Gasteiger partial charge in [-0.3, -0.25) is 4.79 Å². The summed E-state index contributed by atoms with van der Waals surface area (Å²) in [5.41, 5.74) is 10.8. The molecule has 0 unspecified atom stereocenters. The third kappa shape index (κ3) is 3.48. The van der Waals surface area contributed by atoms with Crippen molar-refractivity contribution in [2.75, 3.05) is 31.3 Å². The lowest BCUT2D eigenvalue weighted by Gasteiger charge is -2.15. The van der Waals surface area contributed by atoms with Crippen molar-refractivity contribution < 1.29 is 4.79 Å². The number of hydrogen-bond acceptors (Lipinski definition) is 5. The highest BCUT2D eigenvalue weighted by Gasteiger charge is 2.09. The molecule has 0 bridgehead atoms. The normalized spacial score (nSPS) is 10.3. The Morgan fingerprint density at radius 1 is 1.45 bits per heavy atom. The molecule has 1 aromatic heterocycles. The molecule has 1 amide bonds. The molecule has 2 aromatic rings. The molecule has 0 aliphatic rings. The van der Waals surface area contributed by atoms with Gasteiger partial charge in [-0.25, -0.2) is 4.98 Å². The van der Waals surface area contributed by atoms with Gasteiger partial charge in [0.25, 0.3) is 5.91 Å². The van der Waals surface area contributed by atoms with Crippen LogP contribution in [0.2, 0.25) is 0 Å². The number of hydrogen-bond donors (Lipinski definition) is 2. The number of nitrogens with zero attached hydrogens (tertiary/aromatic N) is 2.